The summed E-state index contributed by atoms with van der Waals surface area (Å²) in [5.41, 5.74) is 2.53. The molecule has 0 unspecified atom stereocenters. The number of carbonyl (C=O) groups excluding carboxylic acids is 2. The minimum atomic E-state index is 0.00684. The third-order valence-corrected chi connectivity index (χ3v) is 6.06. The third-order valence-electron chi connectivity index (χ3n) is 6.06. The highest BCUT2D eigenvalue weighted by Gasteiger charge is 2.36. The number of hydrogen-bond acceptors (Lipinski definition) is 4. The minimum Gasteiger partial charge on any atom is -0.378 e. The quantitative estimate of drug-likeness (QED) is 0.691. The van der Waals surface area contributed by atoms with E-state index in [0.29, 0.717) is 31.2 Å². The van der Waals surface area contributed by atoms with Gasteiger partial charge in [-0.3, -0.25) is 14.5 Å². The Morgan fingerprint density at radius 1 is 1.07 bits per heavy atom. The van der Waals surface area contributed by atoms with Crippen molar-refractivity contribution in [3.8, 4) is 0 Å². The second kappa shape index (κ2) is 8.87. The summed E-state index contributed by atoms with van der Waals surface area (Å²) in [6.45, 7) is 5.97. The largest absolute Gasteiger partial charge is 0.378 e. The predicted molar refractivity (Wildman–Crippen MR) is 109 cm³/mol. The molecule has 3 rings (SSSR count). The fourth-order valence-corrected chi connectivity index (χ4v) is 4.40. The number of benzene rings is 1. The van der Waals surface area contributed by atoms with Gasteiger partial charge in [0.05, 0.1) is 0 Å². The van der Waals surface area contributed by atoms with E-state index in [9.17, 15) is 9.59 Å². The normalized spacial score (nSPS) is 23.9. The van der Waals surface area contributed by atoms with Crippen LogP contribution in [0.4, 0.5) is 5.69 Å². The summed E-state index contributed by atoms with van der Waals surface area (Å²) < 4.78 is 0. The summed E-state index contributed by atoms with van der Waals surface area (Å²) in [5.74, 6) is 0.729. The lowest BCUT2D eigenvalue weighted by Crippen LogP contribution is -2.46. The van der Waals surface area contributed by atoms with Crippen LogP contribution in [0.2, 0.25) is 0 Å². The number of anilines is 1. The van der Waals surface area contributed by atoms with Crippen molar-refractivity contribution in [1.82, 2.24) is 9.80 Å². The van der Waals surface area contributed by atoms with Crippen LogP contribution >= 0.6 is 0 Å². The SMILES string of the molecule is CCCCN1CC[C@H](c2ccc(N(C)C)cc2)[C@@H](CN2C(=O)CCC2=O)C1. The van der Waals surface area contributed by atoms with Gasteiger partial charge in [0.2, 0.25) is 11.8 Å². The highest BCUT2D eigenvalue weighted by molar-refractivity contribution is 6.01. The maximum atomic E-state index is 12.2. The van der Waals surface area contributed by atoms with Gasteiger partial charge in [-0.25, -0.2) is 0 Å². The molecule has 148 valence electrons. The number of likely N-dealkylation sites (tertiary alicyclic amines) is 2. The highest BCUT2D eigenvalue weighted by Crippen LogP contribution is 2.35. The van der Waals surface area contributed by atoms with Gasteiger partial charge >= 0.3 is 0 Å². The first-order valence-electron chi connectivity index (χ1n) is 10.3. The Bertz CT molecular complexity index is 640. The maximum absolute atomic E-state index is 12.2. The number of imide groups is 1. The number of nitrogens with zero attached hydrogens (tertiary/aromatic N) is 3. The van der Waals surface area contributed by atoms with Gasteiger partial charge in [-0.2, -0.15) is 0 Å². The molecule has 27 heavy (non-hydrogen) atoms. The van der Waals surface area contributed by atoms with Crippen molar-refractivity contribution in [2.24, 2.45) is 5.92 Å². The Balaban J connectivity index is 1.77. The van der Waals surface area contributed by atoms with Crippen LogP contribution in [0.25, 0.3) is 0 Å². The Kier molecular flexibility index (Phi) is 6.53. The molecule has 0 bridgehead atoms. The summed E-state index contributed by atoms with van der Waals surface area (Å²) >= 11 is 0. The van der Waals surface area contributed by atoms with E-state index in [1.165, 1.54) is 29.0 Å². The van der Waals surface area contributed by atoms with Crippen molar-refractivity contribution in [3.05, 3.63) is 29.8 Å². The maximum Gasteiger partial charge on any atom is 0.229 e. The fourth-order valence-electron chi connectivity index (χ4n) is 4.40. The second-order valence-corrected chi connectivity index (χ2v) is 8.19. The van der Waals surface area contributed by atoms with Gasteiger partial charge in [-0.05, 0) is 55.5 Å². The lowest BCUT2D eigenvalue weighted by atomic mass is 9.80. The predicted octanol–water partition coefficient (Wildman–Crippen LogP) is 3.11. The van der Waals surface area contributed by atoms with E-state index in [1.807, 2.05) is 0 Å². The van der Waals surface area contributed by atoms with Crippen molar-refractivity contribution >= 4 is 17.5 Å². The summed E-state index contributed by atoms with van der Waals surface area (Å²) in [5, 5.41) is 0. The van der Waals surface area contributed by atoms with Gasteiger partial charge in [0.1, 0.15) is 0 Å². The van der Waals surface area contributed by atoms with Crippen LogP contribution < -0.4 is 4.90 Å². The van der Waals surface area contributed by atoms with Gasteiger partial charge in [-0.1, -0.05) is 25.5 Å². The van der Waals surface area contributed by atoms with Gasteiger partial charge in [0.25, 0.3) is 0 Å². The number of piperidine rings is 1. The molecule has 0 radical (unpaired) electrons. The van der Waals surface area contributed by atoms with E-state index < -0.39 is 0 Å². The van der Waals surface area contributed by atoms with Gasteiger partial charge in [-0.15, -0.1) is 0 Å². The Morgan fingerprint density at radius 3 is 2.33 bits per heavy atom. The van der Waals surface area contributed by atoms with Crippen molar-refractivity contribution in [1.29, 1.82) is 0 Å². The van der Waals surface area contributed by atoms with Crippen molar-refractivity contribution < 1.29 is 9.59 Å². The number of unbranched alkanes of at least 4 members (excludes halogenated alkanes) is 1. The van der Waals surface area contributed by atoms with Crippen LogP contribution in [0.3, 0.4) is 0 Å². The summed E-state index contributed by atoms with van der Waals surface area (Å²) in [6, 6.07) is 8.79. The molecule has 2 atom stereocenters. The van der Waals surface area contributed by atoms with Crippen LogP contribution in [-0.4, -0.2) is 61.9 Å². The van der Waals surface area contributed by atoms with Crippen LogP contribution in [-0.2, 0) is 9.59 Å². The summed E-state index contributed by atoms with van der Waals surface area (Å²) in [4.78, 5) is 30.5. The number of amides is 2. The molecule has 2 fully saturated rings. The lowest BCUT2D eigenvalue weighted by Gasteiger charge is -2.40. The molecule has 5 nitrogen and oxygen atoms in total. The standard InChI is InChI=1S/C22H33N3O2/c1-4-5-13-24-14-12-20(17-6-8-19(9-7-17)23(2)3)18(15-24)16-25-21(26)10-11-22(25)27/h6-9,18,20H,4-5,10-16H2,1-3H3/t18-,20-/m1/s1. The first-order valence-corrected chi connectivity index (χ1v) is 10.3. The van der Waals surface area contributed by atoms with E-state index in [-0.39, 0.29) is 11.8 Å². The molecule has 0 aromatic heterocycles. The zero-order chi connectivity index (χ0) is 19.4. The molecule has 2 aliphatic rings. The highest BCUT2D eigenvalue weighted by atomic mass is 16.2. The molecule has 0 N–H and O–H groups in total. The van der Waals surface area contributed by atoms with E-state index in [4.69, 9.17) is 0 Å². The van der Waals surface area contributed by atoms with E-state index >= 15 is 0 Å². The van der Waals surface area contributed by atoms with E-state index in [0.717, 1.165) is 26.1 Å². The molecule has 0 spiro atoms. The Labute approximate surface area is 163 Å². The fraction of sp³-hybridized carbons (Fsp3) is 0.636. The minimum absolute atomic E-state index is 0.00684. The van der Waals surface area contributed by atoms with E-state index in [1.54, 1.807) is 0 Å². The molecule has 5 heteroatoms. The molecule has 0 saturated carbocycles. The van der Waals surface area contributed by atoms with Crippen LogP contribution in [0.15, 0.2) is 24.3 Å². The zero-order valence-corrected chi connectivity index (χ0v) is 17.0. The number of carbonyl (C=O) groups is 2. The monoisotopic (exact) mass is 371 g/mol. The van der Waals surface area contributed by atoms with Gasteiger partial charge in [0.15, 0.2) is 0 Å². The Hall–Kier alpha value is -1.88. The van der Waals surface area contributed by atoms with Crippen LogP contribution in [0.5, 0.6) is 0 Å². The smallest absolute Gasteiger partial charge is 0.229 e. The van der Waals surface area contributed by atoms with Gasteiger partial charge in [0, 0.05) is 45.7 Å². The third kappa shape index (κ3) is 4.70. The lowest BCUT2D eigenvalue weighted by molar-refractivity contribution is -0.139. The Morgan fingerprint density at radius 2 is 1.74 bits per heavy atom. The molecule has 2 amide bonds. The van der Waals surface area contributed by atoms with E-state index in [2.05, 4.69) is 55.1 Å². The van der Waals surface area contributed by atoms with Gasteiger partial charge < -0.3 is 9.80 Å². The average molecular weight is 372 g/mol. The topological polar surface area (TPSA) is 43.9 Å². The van der Waals surface area contributed by atoms with Crippen LogP contribution in [0.1, 0.15) is 50.5 Å². The summed E-state index contributed by atoms with van der Waals surface area (Å²) in [7, 11) is 4.10. The molecule has 2 saturated heterocycles. The molecule has 2 aliphatic heterocycles. The van der Waals surface area contributed by atoms with Crippen LogP contribution in [0, 0.1) is 5.92 Å². The number of rotatable bonds is 7. The van der Waals surface area contributed by atoms with Crippen molar-refractivity contribution in [2.75, 3.05) is 45.2 Å². The van der Waals surface area contributed by atoms with Crippen molar-refractivity contribution in [2.45, 2.75) is 44.9 Å². The molecule has 1 aromatic carbocycles. The summed E-state index contributed by atoms with van der Waals surface area (Å²) in [6.07, 6.45) is 4.25. The first-order chi connectivity index (χ1) is 13.0. The number of hydrogen-bond donors (Lipinski definition) is 0. The average Bonchev–Trinajstić information content (AvgIpc) is 2.98. The second-order valence-electron chi connectivity index (χ2n) is 8.19. The molecular weight excluding hydrogens is 338 g/mol. The first kappa shape index (κ1) is 19.9. The zero-order valence-electron chi connectivity index (χ0n) is 17.0. The molecule has 2 heterocycles. The molecule has 1 aromatic rings. The molecular formula is C22H33N3O2. The molecule has 0 aliphatic carbocycles. The van der Waals surface area contributed by atoms with Crippen molar-refractivity contribution in [3.63, 3.8) is 0 Å².